The van der Waals surface area contributed by atoms with Crippen LogP contribution in [0, 0.1) is 70.9 Å². The molecule has 0 N–H and O–H groups in total. The Kier molecular flexibility index (Phi) is 41.6. The van der Waals surface area contributed by atoms with Crippen LogP contribution in [0.4, 0.5) is 48.3 Å². The van der Waals surface area contributed by atoms with E-state index in [1.54, 1.807) is 24.3 Å². The molecule has 0 aliphatic carbocycles. The molecule has 0 radical (unpaired) electrons. The highest BCUT2D eigenvalue weighted by atomic mass is 19.2. The van der Waals surface area contributed by atoms with Gasteiger partial charge in [-0.1, -0.05) is 12.1 Å². The van der Waals surface area contributed by atoms with Crippen LogP contribution in [0.5, 0.6) is 11.5 Å². The summed E-state index contributed by atoms with van der Waals surface area (Å²) in [6.45, 7) is 3.17. The van der Waals surface area contributed by atoms with Crippen molar-refractivity contribution >= 4 is 35.5 Å². The smallest absolute Gasteiger partial charge is 0.313 e. The molecule has 36 heteroatoms. The Hall–Kier alpha value is -7.27. The van der Waals surface area contributed by atoms with Gasteiger partial charge in [-0.05, 0) is 30.7 Å². The second-order valence-electron chi connectivity index (χ2n) is 22.0. The Labute approximate surface area is 590 Å². The molecule has 0 unspecified atom stereocenters. The van der Waals surface area contributed by atoms with Crippen LogP contribution in [0.3, 0.4) is 0 Å². The average Bonchev–Trinajstić information content (AvgIpc) is 1.63. The van der Waals surface area contributed by atoms with Crippen molar-refractivity contribution in [1.29, 1.82) is 0 Å². The van der Waals surface area contributed by atoms with Gasteiger partial charge in [0.05, 0.1) is 235 Å². The van der Waals surface area contributed by atoms with Gasteiger partial charge in [0, 0.05) is 30.5 Å². The molecular weight excluding hydrogens is 1420 g/mol. The largest absolute Gasteiger partial charge is 0.452 e. The fourth-order valence-electron chi connectivity index (χ4n) is 8.90. The van der Waals surface area contributed by atoms with Crippen molar-refractivity contribution in [3.8, 4) is 11.5 Å². The lowest BCUT2D eigenvalue weighted by atomic mass is 10.0. The molecule has 5 rings (SSSR count). The third-order valence-electron chi connectivity index (χ3n) is 14.1. The zero-order valence-electron chi connectivity index (χ0n) is 56.9. The highest BCUT2D eigenvalue weighted by molar-refractivity contribution is 6.21. The van der Waals surface area contributed by atoms with E-state index in [-0.39, 0.29) is 88.9 Å². The number of imide groups is 1. The number of aryl methyl sites for hydroxylation is 1. The standard InChI is InChI=1S/C68H82F11NO24/c1-45-38-50(69)59(75)49(58(45)74)39-46(81)6-11-99-42-68(43-100-13-7-55(82)102-64-60(76)51(70)40-52(71)61(64)77,44-101-14-8-56(83)103-65-62(78)53(72)41-54(73)63(65)79)104-57(84)9-12-87-16-18-89-20-22-91-24-26-93-28-30-95-32-34-97-36-37-98-35-33-96-31-29-94-27-25-92-23-21-90-19-17-88-15-10-80-66(85)47-4-2-3-5-48(47)67(80)86/h2-5,38,40-41H,6-37,39,42-44H2,1H3. The molecule has 0 spiro atoms. The normalized spacial score (nSPS) is 12.2. The molecule has 2 amide bonds. The number of halogens is 11. The monoisotopic (exact) mass is 1510 g/mol. The number of hydrogen-bond donors (Lipinski definition) is 0. The molecule has 1 heterocycles. The molecule has 4 aromatic carbocycles. The molecule has 4 aromatic rings. The Morgan fingerprint density at radius 2 is 0.635 bits per heavy atom. The third kappa shape index (κ3) is 31.8. The van der Waals surface area contributed by atoms with Crippen molar-refractivity contribution in [3.63, 3.8) is 0 Å². The van der Waals surface area contributed by atoms with Crippen molar-refractivity contribution in [3.05, 3.63) is 129 Å². The topological polar surface area (TPSA) is 272 Å². The number of amides is 2. The summed E-state index contributed by atoms with van der Waals surface area (Å²) in [6, 6.07) is 7.02. The summed E-state index contributed by atoms with van der Waals surface area (Å²) < 4.78 is 252. The van der Waals surface area contributed by atoms with Crippen molar-refractivity contribution < 1.29 is 162 Å². The predicted octanol–water partition coefficient (Wildman–Crippen LogP) is 7.24. The second-order valence-corrected chi connectivity index (χ2v) is 22.0. The fourth-order valence-corrected chi connectivity index (χ4v) is 8.90. The van der Waals surface area contributed by atoms with Gasteiger partial charge in [-0.25, -0.2) is 30.7 Å². The summed E-state index contributed by atoms with van der Waals surface area (Å²) in [5.74, 6) is -28.9. The SMILES string of the molecule is Cc1cc(F)c(F)c(CC(=O)CCOCC(COCCC(=O)Oc2c(F)c(F)cc(F)c2F)(COCCC(=O)Oc2c(F)c(F)cc(F)c2F)OC(=O)CCOCCOCCOCCOCCOCCOCCOCCOCCOCCOCCOCCOCCN2C(=O)c3ccccc3C2=O)c1F. The lowest BCUT2D eigenvalue weighted by Gasteiger charge is -2.33. The molecule has 1 aliphatic rings. The van der Waals surface area contributed by atoms with Crippen molar-refractivity contribution in [1.82, 2.24) is 4.90 Å². The first-order valence-corrected chi connectivity index (χ1v) is 32.7. The lowest BCUT2D eigenvalue weighted by molar-refractivity contribution is -0.190. The second kappa shape index (κ2) is 49.5. The van der Waals surface area contributed by atoms with Gasteiger partial charge in [0.25, 0.3) is 11.8 Å². The summed E-state index contributed by atoms with van der Waals surface area (Å²) >= 11 is 0. The number of rotatable bonds is 59. The van der Waals surface area contributed by atoms with Crippen LogP contribution < -0.4 is 9.47 Å². The Morgan fingerprint density at radius 3 is 0.981 bits per heavy atom. The van der Waals surface area contributed by atoms with E-state index < -0.39 is 182 Å². The van der Waals surface area contributed by atoms with Crippen LogP contribution in [-0.4, -0.2) is 251 Å². The van der Waals surface area contributed by atoms with Crippen molar-refractivity contribution in [2.24, 2.45) is 0 Å². The maximum atomic E-state index is 14.7. The molecule has 0 atom stereocenters. The number of hydrogen-bond acceptors (Lipinski definition) is 24. The quantitative estimate of drug-likeness (QED) is 0.0105. The summed E-state index contributed by atoms with van der Waals surface area (Å²) in [7, 11) is 0. The maximum absolute atomic E-state index is 14.7. The Morgan fingerprint density at radius 1 is 0.346 bits per heavy atom. The van der Waals surface area contributed by atoms with E-state index in [0.717, 1.165) is 6.92 Å². The van der Waals surface area contributed by atoms with Crippen molar-refractivity contribution in [2.45, 2.75) is 44.6 Å². The van der Waals surface area contributed by atoms with Gasteiger partial charge in [-0.15, -0.1) is 0 Å². The zero-order chi connectivity index (χ0) is 75.5. The van der Waals surface area contributed by atoms with Crippen LogP contribution in [0.15, 0.2) is 42.5 Å². The number of ether oxygens (including phenoxy) is 18. The van der Waals surface area contributed by atoms with Crippen molar-refractivity contribution in [2.75, 3.05) is 205 Å². The zero-order valence-corrected chi connectivity index (χ0v) is 56.9. The van der Waals surface area contributed by atoms with Crippen LogP contribution >= 0.6 is 0 Å². The summed E-state index contributed by atoms with van der Waals surface area (Å²) in [6.07, 6.45) is -3.84. The summed E-state index contributed by atoms with van der Waals surface area (Å²) in [4.78, 5) is 77.3. The van der Waals surface area contributed by atoms with Gasteiger partial charge >= 0.3 is 17.9 Å². The van der Waals surface area contributed by atoms with Crippen LogP contribution in [-0.2, 0) is 101 Å². The van der Waals surface area contributed by atoms with Crippen LogP contribution in [0.2, 0.25) is 0 Å². The fraction of sp³-hybridized carbons (Fsp3) is 0.559. The van der Waals surface area contributed by atoms with Crippen LogP contribution in [0.1, 0.15) is 57.5 Å². The van der Waals surface area contributed by atoms with Gasteiger partial charge in [0.2, 0.25) is 34.8 Å². The van der Waals surface area contributed by atoms with Crippen LogP contribution in [0.25, 0.3) is 0 Å². The Balaban J connectivity index is 0.891. The molecule has 0 fully saturated rings. The first-order valence-electron chi connectivity index (χ1n) is 32.7. The lowest BCUT2D eigenvalue weighted by Crippen LogP contribution is -2.49. The molecule has 25 nitrogen and oxygen atoms in total. The molecule has 1 aliphatic heterocycles. The number of Topliss-reactive ketones (excluding diaryl/α,β-unsaturated/α-hetero) is 1. The highest BCUT2D eigenvalue weighted by Gasteiger charge is 2.38. The molecule has 580 valence electrons. The number of fused-ring (bicyclic) bond motifs is 1. The first-order chi connectivity index (χ1) is 50.1. The minimum Gasteiger partial charge on any atom is -0.452 e. The number of nitrogens with zero attached hydrogens (tertiary/aromatic N) is 1. The highest BCUT2D eigenvalue weighted by Crippen LogP contribution is 2.29. The molecule has 0 bridgehead atoms. The van der Waals surface area contributed by atoms with E-state index >= 15 is 0 Å². The molecule has 0 saturated carbocycles. The predicted molar refractivity (Wildman–Crippen MR) is 335 cm³/mol. The van der Waals surface area contributed by atoms with E-state index in [0.29, 0.717) is 123 Å². The summed E-state index contributed by atoms with van der Waals surface area (Å²) in [5, 5.41) is 0. The number of ketones is 1. The molecule has 0 aromatic heterocycles. The van der Waals surface area contributed by atoms with Gasteiger partial charge in [-0.3, -0.25) is 33.7 Å². The molecule has 104 heavy (non-hydrogen) atoms. The van der Waals surface area contributed by atoms with Gasteiger partial charge < -0.3 is 85.3 Å². The first kappa shape index (κ1) is 87.4. The average molecular weight is 1510 g/mol. The van der Waals surface area contributed by atoms with E-state index in [2.05, 4.69) is 9.47 Å². The van der Waals surface area contributed by atoms with Gasteiger partial charge in [0.15, 0.2) is 40.5 Å². The number of esters is 3. The summed E-state index contributed by atoms with van der Waals surface area (Å²) in [5.41, 5.74) is -2.55. The number of carbonyl (C=O) groups is 6. The number of carbonyl (C=O) groups excluding carboxylic acids is 6. The third-order valence-corrected chi connectivity index (χ3v) is 14.1. The number of benzene rings is 4. The molecule has 0 saturated heterocycles. The minimum atomic E-state index is -2.20. The van der Waals surface area contributed by atoms with Gasteiger partial charge in [-0.2, -0.15) is 17.6 Å². The molecular formula is C68H82F11NO24. The van der Waals surface area contributed by atoms with Gasteiger partial charge in [0.1, 0.15) is 11.6 Å². The van der Waals surface area contributed by atoms with E-state index in [4.69, 9.17) is 75.8 Å². The van der Waals surface area contributed by atoms with E-state index in [1.807, 2.05) is 0 Å². The minimum absolute atomic E-state index is 0.0342. The maximum Gasteiger partial charge on any atom is 0.313 e. The van der Waals surface area contributed by atoms with E-state index in [1.165, 1.54) is 4.90 Å². The Bertz CT molecular complexity index is 3000. The van der Waals surface area contributed by atoms with E-state index in [9.17, 15) is 77.1 Å².